The van der Waals surface area contributed by atoms with Crippen molar-refractivity contribution >= 4 is 5.97 Å². The van der Waals surface area contributed by atoms with E-state index in [1.54, 1.807) is 7.11 Å². The number of aliphatic carboxylic acids is 1. The molecule has 0 spiro atoms. The van der Waals surface area contributed by atoms with Crippen molar-refractivity contribution in [2.24, 2.45) is 0 Å². The Kier molecular flexibility index (Phi) is 14.0. The third-order valence-corrected chi connectivity index (χ3v) is 2.52. The van der Waals surface area contributed by atoms with Crippen LogP contribution in [0.1, 0.15) is 33.1 Å². The monoisotopic (exact) mass is 263 g/mol. The quantitative estimate of drug-likeness (QED) is 0.452. The van der Waals surface area contributed by atoms with Crippen molar-refractivity contribution in [1.82, 2.24) is 0 Å². The van der Waals surface area contributed by atoms with Crippen LogP contribution in [0.2, 0.25) is 0 Å². The first-order valence-corrected chi connectivity index (χ1v) is 6.47. The minimum Gasteiger partial charge on any atom is -0.548 e. The van der Waals surface area contributed by atoms with Crippen LogP contribution in [0.3, 0.4) is 0 Å². The van der Waals surface area contributed by atoms with Gasteiger partial charge in [0.25, 0.3) is 0 Å². The lowest BCUT2D eigenvalue weighted by Crippen LogP contribution is -2.46. The van der Waals surface area contributed by atoms with Gasteiger partial charge in [0.2, 0.25) is 0 Å². The standard InChI is InChI=1S/C10H24NO.C3H6O3/c1-5-7-9-11(3,8-6-2)10-12-4;1-6-2-3(4)5/h5-10H2,1-4H3;2H2,1H3,(H,4,5)/q+1;/p-1. The van der Waals surface area contributed by atoms with E-state index in [1.165, 1.54) is 39.5 Å². The van der Waals surface area contributed by atoms with Gasteiger partial charge < -0.3 is 23.9 Å². The summed E-state index contributed by atoms with van der Waals surface area (Å²) in [7, 11) is 5.37. The fraction of sp³-hybridized carbons (Fsp3) is 0.923. The van der Waals surface area contributed by atoms with Crippen LogP contribution in [0, 0.1) is 0 Å². The van der Waals surface area contributed by atoms with E-state index in [9.17, 15) is 9.90 Å². The molecule has 0 bridgehead atoms. The van der Waals surface area contributed by atoms with Crippen LogP contribution in [-0.4, -0.2) is 58.1 Å². The van der Waals surface area contributed by atoms with E-state index >= 15 is 0 Å². The van der Waals surface area contributed by atoms with Crippen LogP contribution < -0.4 is 5.11 Å². The Morgan fingerprint density at radius 2 is 1.72 bits per heavy atom. The molecule has 0 saturated carbocycles. The highest BCUT2D eigenvalue weighted by Gasteiger charge is 2.18. The minimum absolute atomic E-state index is 0.319. The number of carboxylic acid groups (broad SMARTS) is 1. The number of carboxylic acids is 1. The highest BCUT2D eigenvalue weighted by Crippen LogP contribution is 2.06. The Hall–Kier alpha value is -0.650. The van der Waals surface area contributed by atoms with Gasteiger partial charge in [-0.3, -0.25) is 0 Å². The molecule has 0 N–H and O–H groups in total. The maximum Gasteiger partial charge on any atom is 0.182 e. The Balaban J connectivity index is 0. The van der Waals surface area contributed by atoms with Crippen LogP contribution in [0.15, 0.2) is 0 Å². The van der Waals surface area contributed by atoms with Gasteiger partial charge in [-0.2, -0.15) is 0 Å². The summed E-state index contributed by atoms with van der Waals surface area (Å²) >= 11 is 0. The predicted molar refractivity (Wildman–Crippen MR) is 69.9 cm³/mol. The third-order valence-electron chi connectivity index (χ3n) is 2.52. The number of rotatable bonds is 9. The zero-order valence-corrected chi connectivity index (χ0v) is 12.5. The van der Waals surface area contributed by atoms with Crippen molar-refractivity contribution in [2.45, 2.75) is 33.1 Å². The summed E-state index contributed by atoms with van der Waals surface area (Å²) in [6, 6.07) is 0. The summed E-state index contributed by atoms with van der Waals surface area (Å²) < 4.78 is 10.4. The lowest BCUT2D eigenvalue weighted by atomic mass is 10.3. The van der Waals surface area contributed by atoms with Crippen LogP contribution in [-0.2, 0) is 14.3 Å². The Labute approximate surface area is 111 Å². The lowest BCUT2D eigenvalue weighted by molar-refractivity contribution is -0.927. The molecule has 0 aliphatic heterocycles. The van der Waals surface area contributed by atoms with E-state index < -0.39 is 5.97 Å². The average Bonchev–Trinajstić information content (AvgIpc) is 2.28. The van der Waals surface area contributed by atoms with E-state index in [2.05, 4.69) is 25.6 Å². The second kappa shape index (κ2) is 12.8. The molecule has 5 heteroatoms. The molecule has 0 amide bonds. The summed E-state index contributed by atoms with van der Waals surface area (Å²) in [5.74, 6) is -1.18. The number of hydrogen-bond donors (Lipinski definition) is 0. The van der Waals surface area contributed by atoms with Gasteiger partial charge in [0.1, 0.15) is 0 Å². The first-order chi connectivity index (χ1) is 8.45. The fourth-order valence-electron chi connectivity index (χ4n) is 1.75. The van der Waals surface area contributed by atoms with E-state index in [-0.39, 0.29) is 6.61 Å². The normalized spacial score (nSPS) is 13.4. The van der Waals surface area contributed by atoms with Crippen LogP contribution in [0.25, 0.3) is 0 Å². The number of ether oxygens (including phenoxy) is 2. The van der Waals surface area contributed by atoms with Crippen molar-refractivity contribution in [3.05, 3.63) is 0 Å². The van der Waals surface area contributed by atoms with E-state index in [1.807, 2.05) is 0 Å². The predicted octanol–water partition coefficient (Wildman–Crippen LogP) is 0.630. The largest absolute Gasteiger partial charge is 0.548 e. The zero-order valence-electron chi connectivity index (χ0n) is 12.5. The summed E-state index contributed by atoms with van der Waals surface area (Å²) in [5.41, 5.74) is 0. The second-order valence-electron chi connectivity index (χ2n) is 4.64. The smallest absolute Gasteiger partial charge is 0.182 e. The first-order valence-electron chi connectivity index (χ1n) is 6.47. The molecule has 0 aromatic heterocycles. The first kappa shape index (κ1) is 19.7. The van der Waals surface area contributed by atoms with Crippen molar-refractivity contribution in [3.63, 3.8) is 0 Å². The molecule has 0 saturated heterocycles. The van der Waals surface area contributed by atoms with Crippen LogP contribution in [0.5, 0.6) is 0 Å². The number of quaternary nitrogens is 1. The molecule has 0 rings (SSSR count). The zero-order chi connectivity index (χ0) is 14.4. The molecule has 1 atom stereocenters. The Morgan fingerprint density at radius 3 is 2.00 bits per heavy atom. The lowest BCUT2D eigenvalue weighted by Gasteiger charge is -2.33. The molecule has 0 fully saturated rings. The third kappa shape index (κ3) is 13.4. The van der Waals surface area contributed by atoms with Gasteiger partial charge >= 0.3 is 0 Å². The molecule has 110 valence electrons. The minimum atomic E-state index is -1.18. The molecular formula is C13H29NO4. The van der Waals surface area contributed by atoms with Crippen molar-refractivity contribution in [1.29, 1.82) is 0 Å². The SMILES string of the molecule is CCCC[N+](C)(CCC)COC.COCC(=O)[O-]. The maximum absolute atomic E-state index is 9.36. The fourth-order valence-corrected chi connectivity index (χ4v) is 1.75. The Bertz CT molecular complexity index is 191. The van der Waals surface area contributed by atoms with Gasteiger partial charge in [0, 0.05) is 14.2 Å². The molecule has 0 heterocycles. The summed E-state index contributed by atoms with van der Waals surface area (Å²) in [5, 5.41) is 9.36. The second-order valence-corrected chi connectivity index (χ2v) is 4.64. The summed E-state index contributed by atoms with van der Waals surface area (Å²) in [4.78, 5) is 9.36. The number of hydrogen-bond acceptors (Lipinski definition) is 4. The molecule has 0 aliphatic rings. The Morgan fingerprint density at radius 1 is 1.11 bits per heavy atom. The van der Waals surface area contributed by atoms with E-state index in [4.69, 9.17) is 4.74 Å². The number of methoxy groups -OCH3 is 2. The number of unbranched alkanes of at least 4 members (excludes halogenated alkanes) is 1. The number of nitrogens with zero attached hydrogens (tertiary/aromatic N) is 1. The van der Waals surface area contributed by atoms with Crippen molar-refractivity contribution in [2.75, 3.05) is 47.7 Å². The number of carbonyl (C=O) groups is 1. The molecule has 1 unspecified atom stereocenters. The molecule has 0 aromatic rings. The topological polar surface area (TPSA) is 58.6 Å². The highest BCUT2D eigenvalue weighted by atomic mass is 16.5. The van der Waals surface area contributed by atoms with Gasteiger partial charge in [-0.1, -0.05) is 20.3 Å². The average molecular weight is 263 g/mol. The van der Waals surface area contributed by atoms with E-state index in [0.717, 1.165) is 11.2 Å². The molecule has 0 aliphatic carbocycles. The van der Waals surface area contributed by atoms with Crippen molar-refractivity contribution < 1.29 is 23.9 Å². The van der Waals surface area contributed by atoms with Gasteiger partial charge in [0.05, 0.1) is 32.7 Å². The highest BCUT2D eigenvalue weighted by molar-refractivity contribution is 5.65. The summed E-state index contributed by atoms with van der Waals surface area (Å²) in [6.45, 7) is 7.49. The van der Waals surface area contributed by atoms with Gasteiger partial charge in [-0.05, 0) is 12.8 Å². The van der Waals surface area contributed by atoms with Crippen LogP contribution >= 0.6 is 0 Å². The summed E-state index contributed by atoms with van der Waals surface area (Å²) in [6.07, 6.45) is 3.82. The van der Waals surface area contributed by atoms with Crippen LogP contribution in [0.4, 0.5) is 0 Å². The van der Waals surface area contributed by atoms with Gasteiger partial charge in [-0.15, -0.1) is 0 Å². The van der Waals surface area contributed by atoms with E-state index in [0.29, 0.717) is 0 Å². The van der Waals surface area contributed by atoms with Crippen molar-refractivity contribution in [3.8, 4) is 0 Å². The van der Waals surface area contributed by atoms with Gasteiger partial charge in [0.15, 0.2) is 6.73 Å². The molecule has 5 nitrogen and oxygen atoms in total. The molecule has 0 radical (unpaired) electrons. The number of carbonyl (C=O) groups excluding carboxylic acids is 1. The maximum atomic E-state index is 9.36. The molecular weight excluding hydrogens is 234 g/mol. The molecule has 18 heavy (non-hydrogen) atoms. The van der Waals surface area contributed by atoms with Gasteiger partial charge in [-0.25, -0.2) is 0 Å². The molecule has 0 aromatic carbocycles.